The lowest BCUT2D eigenvalue weighted by molar-refractivity contribution is 0.116. The van der Waals surface area contributed by atoms with Crippen LogP contribution < -0.4 is 10.3 Å². The summed E-state index contributed by atoms with van der Waals surface area (Å²) in [6, 6.07) is 5.46. The van der Waals surface area contributed by atoms with Crippen LogP contribution in [-0.2, 0) is 24.2 Å². The summed E-state index contributed by atoms with van der Waals surface area (Å²) < 4.78 is 22.7. The molecular formula is C28H44N6O2S. The normalized spacial score (nSPS) is 23.2. The number of nitrogens with zero attached hydrogens (tertiary/aromatic N) is 4. The molecule has 2 aromatic rings. The fraction of sp³-hybridized carbons (Fsp3) is 0.679. The fourth-order valence-electron chi connectivity index (χ4n) is 6.88. The Balaban J connectivity index is 1.36. The number of nitrogens with one attached hydrogen (secondary N) is 2. The Morgan fingerprint density at radius 2 is 1.81 bits per heavy atom. The highest BCUT2D eigenvalue weighted by atomic mass is 32.2. The minimum absolute atomic E-state index is 0.438. The van der Waals surface area contributed by atoms with E-state index >= 15 is 0 Å². The summed E-state index contributed by atoms with van der Waals surface area (Å²) in [4.78, 5) is 12.6. The van der Waals surface area contributed by atoms with Gasteiger partial charge in [-0.15, -0.1) is 0 Å². The van der Waals surface area contributed by atoms with Crippen molar-refractivity contribution in [2.75, 3.05) is 32.7 Å². The highest BCUT2D eigenvalue weighted by Crippen LogP contribution is 2.36. The van der Waals surface area contributed by atoms with E-state index < -0.39 is 11.3 Å². The Bertz CT molecular complexity index is 1100. The van der Waals surface area contributed by atoms with Crippen LogP contribution in [0.4, 0.5) is 0 Å². The van der Waals surface area contributed by atoms with Crippen molar-refractivity contribution < 1.29 is 8.76 Å². The second-order valence-corrected chi connectivity index (χ2v) is 12.0. The quantitative estimate of drug-likeness (QED) is 0.195. The first kappa shape index (κ1) is 27.0. The third kappa shape index (κ3) is 6.34. The summed E-state index contributed by atoms with van der Waals surface area (Å²) >= 11 is -2.07. The molecule has 0 bridgehead atoms. The highest BCUT2D eigenvalue weighted by Gasteiger charge is 2.31. The molecule has 2 aromatic heterocycles. The second-order valence-electron chi connectivity index (χ2n) is 11.3. The monoisotopic (exact) mass is 528 g/mol. The summed E-state index contributed by atoms with van der Waals surface area (Å²) in [5.74, 6) is 0. The number of hydrogen-bond donors (Lipinski definition) is 3. The molecule has 3 N–H and O–H groups in total. The summed E-state index contributed by atoms with van der Waals surface area (Å²) in [5, 5.41) is 1.27. The molecule has 3 aliphatic rings. The van der Waals surface area contributed by atoms with Crippen molar-refractivity contribution in [1.29, 1.82) is 0 Å². The molecule has 1 atom stereocenters. The van der Waals surface area contributed by atoms with Crippen molar-refractivity contribution in [1.82, 2.24) is 29.6 Å². The minimum Gasteiger partial charge on any atom is -0.326 e. The molecule has 0 aromatic carbocycles. The van der Waals surface area contributed by atoms with E-state index in [-0.39, 0.29) is 0 Å². The zero-order valence-electron chi connectivity index (χ0n) is 22.5. The standard InChI is InChI=1S/C28H44N6O2S/c1-21(2)22-7-9-23(10-8-22)33-18-12-24(13-19-33)34-27(11-15-30-31-37(35)36)26(20-32-16-3-4-17-32)25-6-5-14-29-28(25)34/h5-6,14,23-24,30-31H,3-4,7-13,15-20H2,1-2H3,(H,35,36). The maximum Gasteiger partial charge on any atom is 0.245 e. The van der Waals surface area contributed by atoms with Crippen molar-refractivity contribution in [2.45, 2.75) is 90.3 Å². The van der Waals surface area contributed by atoms with Crippen LogP contribution in [-0.4, -0.2) is 66.9 Å². The van der Waals surface area contributed by atoms with Crippen molar-refractivity contribution in [2.24, 2.45) is 0 Å². The van der Waals surface area contributed by atoms with Crippen LogP contribution in [0.2, 0.25) is 0 Å². The summed E-state index contributed by atoms with van der Waals surface area (Å²) in [6.45, 7) is 10.7. The van der Waals surface area contributed by atoms with E-state index in [4.69, 9.17) is 9.54 Å². The third-order valence-electron chi connectivity index (χ3n) is 8.85. The Hall–Kier alpha value is -1.62. The predicted octanol–water partition coefficient (Wildman–Crippen LogP) is 4.32. The molecule has 2 saturated heterocycles. The van der Waals surface area contributed by atoms with E-state index in [0.29, 0.717) is 12.6 Å². The van der Waals surface area contributed by atoms with Gasteiger partial charge in [-0.3, -0.25) is 9.45 Å². The van der Waals surface area contributed by atoms with E-state index in [2.05, 4.69) is 50.6 Å². The van der Waals surface area contributed by atoms with Gasteiger partial charge in [0.15, 0.2) is 0 Å². The molecule has 204 valence electrons. The minimum atomic E-state index is -2.07. The lowest BCUT2D eigenvalue weighted by Gasteiger charge is -2.40. The number of fused-ring (bicyclic) bond motifs is 1. The molecule has 1 aliphatic carbocycles. The van der Waals surface area contributed by atoms with Crippen LogP contribution in [0, 0.1) is 0 Å². The molecule has 2 aliphatic heterocycles. The number of allylic oxidation sites excluding steroid dienone is 2. The second kappa shape index (κ2) is 12.5. The van der Waals surface area contributed by atoms with E-state index in [1.165, 1.54) is 60.7 Å². The van der Waals surface area contributed by atoms with Crippen LogP contribution in [0.25, 0.3) is 11.0 Å². The zero-order valence-corrected chi connectivity index (χ0v) is 23.4. The van der Waals surface area contributed by atoms with Crippen molar-refractivity contribution in [3.05, 3.63) is 40.7 Å². The van der Waals surface area contributed by atoms with Gasteiger partial charge in [0.25, 0.3) is 0 Å². The molecule has 5 rings (SSSR count). The van der Waals surface area contributed by atoms with Gasteiger partial charge in [0, 0.05) is 62.0 Å². The predicted molar refractivity (Wildman–Crippen MR) is 150 cm³/mol. The SMILES string of the molecule is CC(C)=C1CCC(N2CCC(n3c(CCNNS(=O)O)c(CN4CCCC4)c4cccnc43)CC2)CC1. The molecule has 8 nitrogen and oxygen atoms in total. The van der Waals surface area contributed by atoms with Gasteiger partial charge in [-0.25, -0.2) is 14.6 Å². The number of pyridine rings is 1. The van der Waals surface area contributed by atoms with Crippen LogP contribution >= 0.6 is 0 Å². The number of rotatable bonds is 9. The molecule has 1 unspecified atom stereocenters. The van der Waals surface area contributed by atoms with Gasteiger partial charge in [-0.1, -0.05) is 11.1 Å². The van der Waals surface area contributed by atoms with Gasteiger partial charge in [0.2, 0.25) is 11.3 Å². The topological polar surface area (TPSA) is 85.7 Å². The van der Waals surface area contributed by atoms with Gasteiger partial charge in [0.05, 0.1) is 0 Å². The summed E-state index contributed by atoms with van der Waals surface area (Å²) in [7, 11) is 0. The summed E-state index contributed by atoms with van der Waals surface area (Å²) in [5.41, 5.74) is 9.97. The zero-order chi connectivity index (χ0) is 25.8. The van der Waals surface area contributed by atoms with Crippen LogP contribution in [0.5, 0.6) is 0 Å². The number of likely N-dealkylation sites (tertiary alicyclic amines) is 2. The maximum absolute atomic E-state index is 11.1. The molecule has 0 spiro atoms. The Kier molecular flexibility index (Phi) is 9.10. The number of hydrogen-bond acceptors (Lipinski definition) is 5. The number of piperidine rings is 1. The Morgan fingerprint density at radius 3 is 2.49 bits per heavy atom. The Morgan fingerprint density at radius 1 is 1.08 bits per heavy atom. The molecule has 4 heterocycles. The van der Waals surface area contributed by atoms with Crippen LogP contribution in [0.1, 0.15) is 82.5 Å². The lowest BCUT2D eigenvalue weighted by Crippen LogP contribution is -2.43. The molecule has 1 saturated carbocycles. The molecule has 9 heteroatoms. The van der Waals surface area contributed by atoms with E-state index in [0.717, 1.165) is 63.7 Å². The molecule has 0 amide bonds. The maximum atomic E-state index is 11.1. The smallest absolute Gasteiger partial charge is 0.245 e. The van der Waals surface area contributed by atoms with E-state index in [9.17, 15) is 4.21 Å². The first-order chi connectivity index (χ1) is 18.0. The first-order valence-electron chi connectivity index (χ1n) is 14.2. The van der Waals surface area contributed by atoms with Crippen molar-refractivity contribution in [3.63, 3.8) is 0 Å². The van der Waals surface area contributed by atoms with E-state index in [1.54, 1.807) is 5.57 Å². The van der Waals surface area contributed by atoms with Crippen molar-refractivity contribution in [3.8, 4) is 0 Å². The van der Waals surface area contributed by atoms with Crippen LogP contribution in [0.15, 0.2) is 29.5 Å². The Labute approximate surface area is 224 Å². The number of aromatic nitrogens is 2. The largest absolute Gasteiger partial charge is 0.326 e. The molecule has 0 radical (unpaired) electrons. The fourth-order valence-corrected chi connectivity index (χ4v) is 7.10. The first-order valence-corrected chi connectivity index (χ1v) is 15.3. The highest BCUT2D eigenvalue weighted by molar-refractivity contribution is 7.77. The van der Waals surface area contributed by atoms with Gasteiger partial charge >= 0.3 is 0 Å². The average molecular weight is 529 g/mol. The van der Waals surface area contributed by atoms with Gasteiger partial charge < -0.3 is 9.47 Å². The van der Waals surface area contributed by atoms with Gasteiger partial charge in [0.1, 0.15) is 5.65 Å². The van der Waals surface area contributed by atoms with Gasteiger partial charge in [-0.2, -0.15) is 4.83 Å². The lowest BCUT2D eigenvalue weighted by atomic mass is 9.86. The van der Waals surface area contributed by atoms with Gasteiger partial charge in [-0.05, 0) is 96.0 Å². The van der Waals surface area contributed by atoms with E-state index in [1.807, 2.05) is 6.20 Å². The third-order valence-corrected chi connectivity index (χ3v) is 9.17. The molecular weight excluding hydrogens is 484 g/mol. The van der Waals surface area contributed by atoms with Crippen molar-refractivity contribution >= 4 is 22.3 Å². The molecule has 3 fully saturated rings. The summed E-state index contributed by atoms with van der Waals surface area (Å²) in [6.07, 6.45) is 12.7. The van der Waals surface area contributed by atoms with Crippen LogP contribution in [0.3, 0.4) is 0 Å². The average Bonchev–Trinajstić information content (AvgIpc) is 3.53. The number of hydrazine groups is 1. The molecule has 37 heavy (non-hydrogen) atoms.